The van der Waals surface area contributed by atoms with Gasteiger partial charge in [-0.3, -0.25) is 14.5 Å². The molecule has 0 bridgehead atoms. The normalized spacial score (nSPS) is 17.7. The van der Waals surface area contributed by atoms with Crippen LogP contribution in [0.3, 0.4) is 0 Å². The first-order chi connectivity index (χ1) is 18.5. The van der Waals surface area contributed by atoms with Crippen LogP contribution >= 0.6 is 0 Å². The highest BCUT2D eigenvalue weighted by molar-refractivity contribution is 6.03. The number of carbonyl (C=O) groups excluding carboxylic acids is 2. The summed E-state index contributed by atoms with van der Waals surface area (Å²) in [5.74, 6) is 0.967. The van der Waals surface area contributed by atoms with Gasteiger partial charge in [-0.2, -0.15) is 5.10 Å². The molecule has 0 N–H and O–H groups in total. The van der Waals surface area contributed by atoms with Crippen molar-refractivity contribution in [3.63, 3.8) is 0 Å². The topological polar surface area (TPSA) is 93.1 Å². The van der Waals surface area contributed by atoms with E-state index in [4.69, 9.17) is 24.0 Å². The summed E-state index contributed by atoms with van der Waals surface area (Å²) < 4.78 is 21.2. The fraction of sp³-hybridized carbons (Fsp3) is 0.464. The van der Waals surface area contributed by atoms with E-state index in [1.54, 1.807) is 19.1 Å². The molecule has 2 aliphatic rings. The van der Waals surface area contributed by atoms with Gasteiger partial charge in [-0.1, -0.05) is 24.3 Å². The summed E-state index contributed by atoms with van der Waals surface area (Å²) in [4.78, 5) is 30.4. The van der Waals surface area contributed by atoms with E-state index < -0.39 is 0 Å². The lowest BCUT2D eigenvalue weighted by Crippen LogP contribution is -2.47. The summed E-state index contributed by atoms with van der Waals surface area (Å²) in [7, 11) is 4.71. The number of carbonyl (C=O) groups is 2. The van der Waals surface area contributed by atoms with Gasteiger partial charge < -0.3 is 23.8 Å². The van der Waals surface area contributed by atoms with Crippen LogP contribution in [0.15, 0.2) is 53.6 Å². The maximum atomic E-state index is 13.7. The largest absolute Gasteiger partial charge is 0.497 e. The molecular formula is C28H36N4O6. The number of hydrogen-bond acceptors (Lipinski definition) is 8. The van der Waals surface area contributed by atoms with Crippen molar-refractivity contribution in [2.24, 2.45) is 5.10 Å². The summed E-state index contributed by atoms with van der Waals surface area (Å²) in [6, 6.07) is 15.0. The highest BCUT2D eigenvalue weighted by Gasteiger charge is 2.34. The van der Waals surface area contributed by atoms with Crippen LogP contribution in [0.2, 0.25) is 0 Å². The van der Waals surface area contributed by atoms with E-state index in [2.05, 4.69) is 4.90 Å². The third kappa shape index (κ3) is 6.89. The number of hydrazone groups is 1. The van der Waals surface area contributed by atoms with Gasteiger partial charge in [-0.15, -0.1) is 0 Å². The van der Waals surface area contributed by atoms with Gasteiger partial charge >= 0.3 is 0 Å². The Morgan fingerprint density at radius 2 is 1.76 bits per heavy atom. The van der Waals surface area contributed by atoms with E-state index >= 15 is 0 Å². The molecule has 0 unspecified atom stereocenters. The van der Waals surface area contributed by atoms with Gasteiger partial charge in [0, 0.05) is 45.3 Å². The summed E-state index contributed by atoms with van der Waals surface area (Å²) >= 11 is 0. The molecule has 4 rings (SSSR count). The molecule has 2 aromatic rings. The first kappa shape index (κ1) is 27.6. The Kier molecular flexibility index (Phi) is 9.69. The van der Waals surface area contributed by atoms with Crippen LogP contribution in [0.5, 0.6) is 11.5 Å². The lowest BCUT2D eigenvalue weighted by Gasteiger charge is -2.31. The fourth-order valence-electron chi connectivity index (χ4n) is 4.63. The van der Waals surface area contributed by atoms with Crippen molar-refractivity contribution in [2.75, 3.05) is 73.9 Å². The SMILES string of the molecule is COCC(=O)N(CCN1CCOCC1)CC(=O)N1N=C(c2cccc(OC)c2)C[C@H]1c1ccc(OC)cc1. The molecule has 0 spiro atoms. The van der Waals surface area contributed by atoms with Gasteiger partial charge in [0.1, 0.15) is 24.7 Å². The molecule has 0 aliphatic carbocycles. The van der Waals surface area contributed by atoms with Crippen LogP contribution in [-0.4, -0.2) is 106 Å². The highest BCUT2D eigenvalue weighted by Crippen LogP contribution is 2.34. The van der Waals surface area contributed by atoms with Crippen molar-refractivity contribution >= 4 is 17.5 Å². The highest BCUT2D eigenvalue weighted by atomic mass is 16.5. The zero-order chi connectivity index (χ0) is 26.9. The quantitative estimate of drug-likeness (QED) is 0.445. The molecule has 2 aliphatic heterocycles. The second-order valence-electron chi connectivity index (χ2n) is 9.21. The van der Waals surface area contributed by atoms with Gasteiger partial charge in [0.25, 0.3) is 5.91 Å². The molecule has 2 aromatic carbocycles. The molecule has 1 saturated heterocycles. The first-order valence-electron chi connectivity index (χ1n) is 12.8. The average molecular weight is 525 g/mol. The molecule has 1 fully saturated rings. The number of amides is 2. The van der Waals surface area contributed by atoms with E-state index in [1.807, 2.05) is 48.5 Å². The van der Waals surface area contributed by atoms with E-state index in [0.29, 0.717) is 32.7 Å². The van der Waals surface area contributed by atoms with Gasteiger partial charge in [0.15, 0.2) is 0 Å². The van der Waals surface area contributed by atoms with Gasteiger partial charge in [-0.05, 0) is 29.8 Å². The number of nitrogens with zero attached hydrogens (tertiary/aromatic N) is 4. The molecule has 1 atom stereocenters. The molecule has 0 radical (unpaired) electrons. The average Bonchev–Trinajstić information content (AvgIpc) is 3.42. The summed E-state index contributed by atoms with van der Waals surface area (Å²) in [5.41, 5.74) is 2.60. The van der Waals surface area contributed by atoms with Crippen molar-refractivity contribution in [3.05, 3.63) is 59.7 Å². The molecule has 10 nitrogen and oxygen atoms in total. The predicted molar refractivity (Wildman–Crippen MR) is 142 cm³/mol. The monoisotopic (exact) mass is 524 g/mol. The van der Waals surface area contributed by atoms with Crippen molar-refractivity contribution in [2.45, 2.75) is 12.5 Å². The first-order valence-corrected chi connectivity index (χ1v) is 12.8. The third-order valence-corrected chi connectivity index (χ3v) is 6.81. The summed E-state index contributed by atoms with van der Waals surface area (Å²) in [5, 5.41) is 6.27. The van der Waals surface area contributed by atoms with Crippen molar-refractivity contribution in [1.29, 1.82) is 0 Å². The maximum Gasteiger partial charge on any atom is 0.262 e. The van der Waals surface area contributed by atoms with Crippen LogP contribution in [-0.2, 0) is 19.1 Å². The van der Waals surface area contributed by atoms with Crippen LogP contribution in [0.4, 0.5) is 0 Å². The third-order valence-electron chi connectivity index (χ3n) is 6.81. The standard InChI is InChI=1S/C28H36N4O6/c1-35-20-28(34)31(12-11-30-13-15-38-16-14-30)19-27(33)32-26(21-7-9-23(36-2)10-8-21)18-25(29-32)22-5-4-6-24(17-22)37-3/h4-10,17,26H,11-16,18-20H2,1-3H3/t26-/m0/s1. The molecule has 0 saturated carbocycles. The maximum absolute atomic E-state index is 13.7. The lowest BCUT2D eigenvalue weighted by molar-refractivity contribution is -0.143. The molecule has 2 amide bonds. The minimum atomic E-state index is -0.312. The van der Waals surface area contributed by atoms with Gasteiger partial charge in [0.2, 0.25) is 5.91 Å². The van der Waals surface area contributed by atoms with E-state index in [9.17, 15) is 9.59 Å². The zero-order valence-electron chi connectivity index (χ0n) is 22.3. The van der Waals surface area contributed by atoms with Crippen molar-refractivity contribution < 1.29 is 28.5 Å². The molecule has 204 valence electrons. The molecule has 38 heavy (non-hydrogen) atoms. The number of methoxy groups -OCH3 is 3. The van der Waals surface area contributed by atoms with Crippen LogP contribution in [0.25, 0.3) is 0 Å². The summed E-state index contributed by atoms with van der Waals surface area (Å²) in [6.45, 7) is 3.85. The van der Waals surface area contributed by atoms with E-state index in [-0.39, 0.29) is 31.0 Å². The second-order valence-corrected chi connectivity index (χ2v) is 9.21. The Morgan fingerprint density at radius 3 is 2.45 bits per heavy atom. The smallest absolute Gasteiger partial charge is 0.262 e. The van der Waals surface area contributed by atoms with Crippen LogP contribution < -0.4 is 9.47 Å². The number of benzene rings is 2. The number of rotatable bonds is 11. The van der Waals surface area contributed by atoms with Crippen LogP contribution in [0.1, 0.15) is 23.6 Å². The molecule has 2 heterocycles. The number of hydrogen-bond donors (Lipinski definition) is 0. The fourth-order valence-corrected chi connectivity index (χ4v) is 4.63. The van der Waals surface area contributed by atoms with Gasteiger partial charge in [0.05, 0.1) is 39.2 Å². The molecule has 10 heteroatoms. The Morgan fingerprint density at radius 1 is 1.03 bits per heavy atom. The van der Waals surface area contributed by atoms with Crippen molar-refractivity contribution in [3.8, 4) is 11.5 Å². The molecular weight excluding hydrogens is 488 g/mol. The Balaban J connectivity index is 1.56. The lowest BCUT2D eigenvalue weighted by atomic mass is 9.98. The summed E-state index contributed by atoms with van der Waals surface area (Å²) in [6.07, 6.45) is 0.533. The number of morpholine rings is 1. The second kappa shape index (κ2) is 13.4. The Labute approximate surface area is 223 Å². The van der Waals surface area contributed by atoms with E-state index in [0.717, 1.165) is 41.4 Å². The Hall–Kier alpha value is -3.47. The minimum Gasteiger partial charge on any atom is -0.497 e. The van der Waals surface area contributed by atoms with Crippen molar-refractivity contribution in [1.82, 2.24) is 14.8 Å². The van der Waals surface area contributed by atoms with E-state index in [1.165, 1.54) is 12.1 Å². The van der Waals surface area contributed by atoms with Crippen LogP contribution in [0, 0.1) is 0 Å². The zero-order valence-corrected chi connectivity index (χ0v) is 22.3. The predicted octanol–water partition coefficient (Wildman–Crippen LogP) is 2.19. The Bertz CT molecular complexity index is 1120. The minimum absolute atomic E-state index is 0.0867. The van der Waals surface area contributed by atoms with Gasteiger partial charge in [-0.25, -0.2) is 5.01 Å². The number of ether oxygens (including phenoxy) is 4. The molecule has 0 aromatic heterocycles.